The van der Waals surface area contributed by atoms with Gasteiger partial charge >= 0.3 is 6.03 Å². The summed E-state index contributed by atoms with van der Waals surface area (Å²) in [4.78, 5) is 27.2. The molecule has 2 N–H and O–H groups in total. The van der Waals surface area contributed by atoms with Crippen molar-refractivity contribution >= 4 is 28.4 Å². The van der Waals surface area contributed by atoms with Crippen LogP contribution in [0.1, 0.15) is 16.1 Å². The van der Waals surface area contributed by atoms with Gasteiger partial charge in [-0.05, 0) is 19.1 Å². The van der Waals surface area contributed by atoms with Crippen molar-refractivity contribution in [2.45, 2.75) is 6.92 Å². The van der Waals surface area contributed by atoms with Crippen molar-refractivity contribution in [3.05, 3.63) is 46.7 Å². The summed E-state index contributed by atoms with van der Waals surface area (Å²) in [6.45, 7) is 1.78. The first-order valence-corrected chi connectivity index (χ1v) is 6.23. The Morgan fingerprint density at radius 3 is 2.68 bits per heavy atom. The van der Waals surface area contributed by atoms with Crippen LogP contribution >= 0.6 is 11.3 Å². The first kappa shape index (κ1) is 13.2. The largest absolute Gasteiger partial charge is 0.327 e. The highest BCUT2D eigenvalue weighted by Crippen LogP contribution is 2.14. The van der Waals surface area contributed by atoms with Gasteiger partial charge in [-0.1, -0.05) is 12.1 Å². The lowest BCUT2D eigenvalue weighted by atomic mass is 10.2. The van der Waals surface area contributed by atoms with Crippen molar-refractivity contribution in [1.29, 1.82) is 0 Å². The van der Waals surface area contributed by atoms with Crippen molar-refractivity contribution in [2.75, 3.05) is 5.32 Å². The molecule has 0 aliphatic heterocycles. The Balaban J connectivity index is 1.99. The van der Waals surface area contributed by atoms with Gasteiger partial charge in [-0.2, -0.15) is 0 Å². The highest BCUT2D eigenvalue weighted by molar-refractivity contribution is 7.13. The fraction of sp³-hybridized carbons (Fsp3) is 0.0833. The number of aromatic nitrogens is 1. The van der Waals surface area contributed by atoms with E-state index in [-0.39, 0.29) is 5.56 Å². The Morgan fingerprint density at radius 1 is 1.32 bits per heavy atom. The van der Waals surface area contributed by atoms with E-state index < -0.39 is 17.8 Å². The Bertz CT molecular complexity index is 627. The number of thiazole rings is 1. The van der Waals surface area contributed by atoms with Gasteiger partial charge in [-0.3, -0.25) is 15.4 Å². The molecule has 3 amide bonds. The molecule has 0 spiro atoms. The van der Waals surface area contributed by atoms with E-state index in [1.165, 1.54) is 29.5 Å². The SMILES string of the molecule is Cc1csc(NC(=O)NC(=O)c2ccccc2F)n1. The molecule has 0 radical (unpaired) electrons. The molecule has 5 nitrogen and oxygen atoms in total. The summed E-state index contributed by atoms with van der Waals surface area (Å²) < 4.78 is 13.3. The van der Waals surface area contributed by atoms with Crippen molar-refractivity contribution in [3.8, 4) is 0 Å². The fourth-order valence-corrected chi connectivity index (χ4v) is 2.04. The Morgan fingerprint density at radius 2 is 2.05 bits per heavy atom. The molecule has 2 aromatic rings. The Kier molecular flexibility index (Phi) is 3.86. The zero-order chi connectivity index (χ0) is 13.8. The lowest BCUT2D eigenvalue weighted by Gasteiger charge is -2.04. The summed E-state index contributed by atoms with van der Waals surface area (Å²) in [5.74, 6) is -1.48. The normalized spacial score (nSPS) is 10.0. The first-order valence-electron chi connectivity index (χ1n) is 5.35. The second-order valence-corrected chi connectivity index (χ2v) is 4.54. The van der Waals surface area contributed by atoms with E-state index >= 15 is 0 Å². The molecule has 2 rings (SSSR count). The topological polar surface area (TPSA) is 71.1 Å². The number of hydrogen-bond acceptors (Lipinski definition) is 4. The number of anilines is 1. The number of urea groups is 1. The molecule has 98 valence electrons. The molecule has 0 aliphatic carbocycles. The third-order valence-corrected chi connectivity index (χ3v) is 3.06. The van der Waals surface area contributed by atoms with Gasteiger partial charge in [0.1, 0.15) is 5.82 Å². The van der Waals surface area contributed by atoms with Gasteiger partial charge in [0.05, 0.1) is 11.3 Å². The number of hydrogen-bond donors (Lipinski definition) is 2. The molecule has 0 aliphatic rings. The molecule has 0 unspecified atom stereocenters. The maximum absolute atomic E-state index is 13.3. The van der Waals surface area contributed by atoms with Gasteiger partial charge in [-0.25, -0.2) is 14.2 Å². The molecule has 0 bridgehead atoms. The third-order valence-electron chi connectivity index (χ3n) is 2.19. The number of nitrogens with zero attached hydrogens (tertiary/aromatic N) is 1. The summed E-state index contributed by atoms with van der Waals surface area (Å²) in [5, 5.41) is 6.56. The van der Waals surface area contributed by atoms with E-state index in [1.54, 1.807) is 12.3 Å². The summed E-state index contributed by atoms with van der Waals surface area (Å²) in [6, 6.07) is 4.68. The molecule has 7 heteroatoms. The zero-order valence-corrected chi connectivity index (χ0v) is 10.8. The van der Waals surface area contributed by atoms with Gasteiger partial charge in [0.25, 0.3) is 5.91 Å². The van der Waals surface area contributed by atoms with Crippen molar-refractivity contribution in [1.82, 2.24) is 10.3 Å². The van der Waals surface area contributed by atoms with Crippen molar-refractivity contribution < 1.29 is 14.0 Å². The summed E-state index contributed by atoms with van der Waals surface area (Å²) in [5.41, 5.74) is 0.577. The smallest absolute Gasteiger partial charge is 0.283 e. The number of amides is 3. The zero-order valence-electron chi connectivity index (χ0n) is 9.94. The van der Waals surface area contributed by atoms with E-state index in [2.05, 4.69) is 10.3 Å². The van der Waals surface area contributed by atoms with Gasteiger partial charge < -0.3 is 0 Å². The van der Waals surface area contributed by atoms with Crippen LogP contribution in [-0.4, -0.2) is 16.9 Å². The third kappa shape index (κ3) is 3.35. The molecule has 19 heavy (non-hydrogen) atoms. The number of carbonyl (C=O) groups excluding carboxylic acids is 2. The van der Waals surface area contributed by atoms with E-state index in [1.807, 2.05) is 5.32 Å². The van der Waals surface area contributed by atoms with Crippen LogP contribution in [0.5, 0.6) is 0 Å². The van der Waals surface area contributed by atoms with Crippen LogP contribution in [0, 0.1) is 12.7 Å². The minimum atomic E-state index is -0.802. The van der Waals surface area contributed by atoms with Crippen LogP contribution in [0.25, 0.3) is 0 Å². The fourth-order valence-electron chi connectivity index (χ4n) is 1.36. The van der Waals surface area contributed by atoms with Crippen LogP contribution in [-0.2, 0) is 0 Å². The minimum absolute atomic E-state index is 0.187. The monoisotopic (exact) mass is 279 g/mol. The average molecular weight is 279 g/mol. The Labute approximate surface area is 112 Å². The van der Waals surface area contributed by atoms with E-state index in [0.29, 0.717) is 5.13 Å². The number of imide groups is 1. The molecule has 0 saturated heterocycles. The van der Waals surface area contributed by atoms with E-state index in [0.717, 1.165) is 11.8 Å². The van der Waals surface area contributed by atoms with Crippen molar-refractivity contribution in [2.24, 2.45) is 0 Å². The second kappa shape index (κ2) is 5.57. The van der Waals surface area contributed by atoms with E-state index in [9.17, 15) is 14.0 Å². The van der Waals surface area contributed by atoms with Crippen molar-refractivity contribution in [3.63, 3.8) is 0 Å². The van der Waals surface area contributed by atoms with Crippen LogP contribution in [0.2, 0.25) is 0 Å². The standard InChI is InChI=1S/C12H10FN3O2S/c1-7-6-19-12(14-7)16-11(18)15-10(17)8-4-2-3-5-9(8)13/h2-6H,1H3,(H2,14,15,16,17,18). The molecular formula is C12H10FN3O2S. The molecule has 0 atom stereocenters. The number of aryl methyl sites for hydroxylation is 1. The summed E-state index contributed by atoms with van der Waals surface area (Å²) in [7, 11) is 0. The molecule has 1 aromatic carbocycles. The predicted octanol–water partition coefficient (Wildman–Crippen LogP) is 2.55. The summed E-state index contributed by atoms with van der Waals surface area (Å²) in [6.07, 6.45) is 0. The number of benzene rings is 1. The number of nitrogens with one attached hydrogen (secondary N) is 2. The molecule has 1 aromatic heterocycles. The predicted molar refractivity (Wildman–Crippen MR) is 69.7 cm³/mol. The second-order valence-electron chi connectivity index (χ2n) is 3.68. The molecule has 0 fully saturated rings. The highest BCUT2D eigenvalue weighted by Gasteiger charge is 2.14. The average Bonchev–Trinajstić information content (AvgIpc) is 2.74. The Hall–Kier alpha value is -2.28. The number of halogens is 1. The van der Waals surface area contributed by atoms with Crippen LogP contribution in [0.15, 0.2) is 29.6 Å². The summed E-state index contributed by atoms with van der Waals surface area (Å²) >= 11 is 1.24. The quantitative estimate of drug-likeness (QED) is 0.887. The molecular weight excluding hydrogens is 269 g/mol. The van der Waals surface area contributed by atoms with Gasteiger partial charge in [0.2, 0.25) is 0 Å². The van der Waals surface area contributed by atoms with Crippen LogP contribution in [0.4, 0.5) is 14.3 Å². The maximum atomic E-state index is 13.3. The number of carbonyl (C=O) groups is 2. The highest BCUT2D eigenvalue weighted by atomic mass is 32.1. The maximum Gasteiger partial charge on any atom is 0.327 e. The van der Waals surface area contributed by atoms with Gasteiger partial charge in [-0.15, -0.1) is 11.3 Å². The lowest BCUT2D eigenvalue weighted by Crippen LogP contribution is -2.34. The van der Waals surface area contributed by atoms with Gasteiger partial charge in [0.15, 0.2) is 5.13 Å². The molecule has 1 heterocycles. The van der Waals surface area contributed by atoms with Crippen LogP contribution in [0.3, 0.4) is 0 Å². The minimum Gasteiger partial charge on any atom is -0.283 e. The lowest BCUT2D eigenvalue weighted by molar-refractivity contribution is 0.0963. The molecule has 0 saturated carbocycles. The van der Waals surface area contributed by atoms with Crippen LogP contribution < -0.4 is 10.6 Å². The van der Waals surface area contributed by atoms with E-state index in [4.69, 9.17) is 0 Å². The first-order chi connectivity index (χ1) is 9.06. The number of rotatable bonds is 2. The van der Waals surface area contributed by atoms with Gasteiger partial charge in [0, 0.05) is 5.38 Å².